The third-order valence-corrected chi connectivity index (χ3v) is 4.68. The van der Waals surface area contributed by atoms with Crippen LogP contribution in [-0.2, 0) is 10.0 Å². The van der Waals surface area contributed by atoms with Gasteiger partial charge in [-0.25, -0.2) is 23.1 Å². The normalized spacial score (nSPS) is 11.8. The molecule has 0 saturated heterocycles. The zero-order chi connectivity index (χ0) is 13.0. The maximum Gasteiger partial charge on any atom is 0.211 e. The molecule has 0 spiro atoms. The van der Waals surface area contributed by atoms with Gasteiger partial charge in [0.2, 0.25) is 10.0 Å². The Balaban J connectivity index is 1.93. The van der Waals surface area contributed by atoms with Crippen LogP contribution in [0.5, 0.6) is 0 Å². The first kappa shape index (κ1) is 13.2. The molecule has 0 amide bonds. The molecule has 0 aliphatic rings. The lowest BCUT2D eigenvalue weighted by atomic mass is 10.4. The summed E-state index contributed by atoms with van der Waals surface area (Å²) in [6.07, 6.45) is 1.49. The van der Waals surface area contributed by atoms with Crippen LogP contribution in [0.25, 0.3) is 10.2 Å². The van der Waals surface area contributed by atoms with Crippen LogP contribution < -0.4 is 10.0 Å². The van der Waals surface area contributed by atoms with Crippen molar-refractivity contribution in [1.29, 1.82) is 0 Å². The second kappa shape index (κ2) is 5.59. The molecule has 2 N–H and O–H groups in total. The Morgan fingerprint density at radius 2 is 2.17 bits per heavy atom. The van der Waals surface area contributed by atoms with Crippen molar-refractivity contribution in [3.05, 3.63) is 17.8 Å². The van der Waals surface area contributed by atoms with Crippen LogP contribution >= 0.6 is 11.3 Å². The van der Waals surface area contributed by atoms with Gasteiger partial charge in [0.1, 0.15) is 12.1 Å². The number of anilines is 1. The van der Waals surface area contributed by atoms with Gasteiger partial charge in [-0.2, -0.15) is 0 Å². The van der Waals surface area contributed by atoms with Crippen LogP contribution in [0.15, 0.2) is 17.8 Å². The number of aromatic nitrogens is 2. The molecule has 2 rings (SSSR count). The molecule has 18 heavy (non-hydrogen) atoms. The summed E-state index contributed by atoms with van der Waals surface area (Å²) < 4.78 is 25.9. The third-order valence-electron chi connectivity index (χ3n) is 2.36. The zero-order valence-corrected chi connectivity index (χ0v) is 11.5. The Morgan fingerprint density at radius 1 is 1.33 bits per heavy atom. The van der Waals surface area contributed by atoms with E-state index in [0.29, 0.717) is 13.1 Å². The fourth-order valence-electron chi connectivity index (χ4n) is 1.40. The minimum absolute atomic E-state index is 0.0929. The number of hydrogen-bond donors (Lipinski definition) is 2. The molecule has 0 bridgehead atoms. The highest BCUT2D eigenvalue weighted by atomic mass is 32.2. The zero-order valence-electron chi connectivity index (χ0n) is 9.88. The fourth-order valence-corrected chi connectivity index (χ4v) is 2.83. The number of fused-ring (bicyclic) bond motifs is 1. The van der Waals surface area contributed by atoms with Crippen LogP contribution in [0.3, 0.4) is 0 Å². The molecular formula is C10H14N4O2S2. The molecular weight excluding hydrogens is 272 g/mol. The second-order valence-electron chi connectivity index (χ2n) is 3.58. The van der Waals surface area contributed by atoms with Crippen LogP contribution in [0, 0.1) is 0 Å². The predicted octanol–water partition coefficient (Wildman–Crippen LogP) is 1.04. The molecule has 8 heteroatoms. The van der Waals surface area contributed by atoms with Crippen molar-refractivity contribution in [1.82, 2.24) is 14.7 Å². The predicted molar refractivity (Wildman–Crippen MR) is 73.4 cm³/mol. The lowest BCUT2D eigenvalue weighted by molar-refractivity contribution is 0.584. The smallest absolute Gasteiger partial charge is 0.211 e. The quantitative estimate of drug-likeness (QED) is 0.775. The van der Waals surface area contributed by atoms with Crippen LogP contribution in [0.4, 0.5) is 5.82 Å². The highest BCUT2D eigenvalue weighted by molar-refractivity contribution is 7.89. The number of nitrogens with zero attached hydrogens (tertiary/aromatic N) is 2. The molecule has 0 unspecified atom stereocenters. The minimum Gasteiger partial charge on any atom is -0.367 e. The molecule has 0 saturated carbocycles. The van der Waals surface area contributed by atoms with Crippen molar-refractivity contribution in [3.63, 3.8) is 0 Å². The third kappa shape index (κ3) is 3.15. The van der Waals surface area contributed by atoms with E-state index >= 15 is 0 Å². The van der Waals surface area contributed by atoms with Gasteiger partial charge in [0.05, 0.1) is 16.0 Å². The summed E-state index contributed by atoms with van der Waals surface area (Å²) >= 11 is 1.56. The monoisotopic (exact) mass is 286 g/mol. The van der Waals surface area contributed by atoms with Gasteiger partial charge < -0.3 is 5.32 Å². The van der Waals surface area contributed by atoms with E-state index in [1.807, 2.05) is 11.4 Å². The molecule has 2 aromatic heterocycles. The van der Waals surface area contributed by atoms with Crippen LogP contribution in [0.2, 0.25) is 0 Å². The Bertz CT molecular complexity index is 624. The van der Waals surface area contributed by atoms with Crippen molar-refractivity contribution < 1.29 is 8.42 Å². The average molecular weight is 286 g/mol. The summed E-state index contributed by atoms with van der Waals surface area (Å²) in [7, 11) is -3.13. The van der Waals surface area contributed by atoms with Crippen molar-refractivity contribution >= 4 is 37.4 Å². The van der Waals surface area contributed by atoms with Gasteiger partial charge in [-0.05, 0) is 18.4 Å². The number of thiophene rings is 1. The summed E-state index contributed by atoms with van der Waals surface area (Å²) in [6.45, 7) is 2.44. The van der Waals surface area contributed by atoms with Gasteiger partial charge in [0.15, 0.2) is 0 Å². The number of nitrogens with one attached hydrogen (secondary N) is 2. The summed E-state index contributed by atoms with van der Waals surface area (Å²) in [4.78, 5) is 8.27. The summed E-state index contributed by atoms with van der Waals surface area (Å²) in [5.41, 5.74) is 0.895. The number of rotatable bonds is 6. The fraction of sp³-hybridized carbons (Fsp3) is 0.400. The number of sulfonamides is 1. The standard InChI is InChI=1S/C10H14N4O2S2/c1-2-18(15,16)14-5-4-11-10-9-8(3-6-17-9)12-7-13-10/h3,6-7,14H,2,4-5H2,1H3,(H,11,12,13). The van der Waals surface area contributed by atoms with Crippen LogP contribution in [-0.4, -0.2) is 37.2 Å². The van der Waals surface area contributed by atoms with E-state index in [4.69, 9.17) is 0 Å². The maximum absolute atomic E-state index is 11.2. The molecule has 6 nitrogen and oxygen atoms in total. The summed E-state index contributed by atoms with van der Waals surface area (Å²) in [5.74, 6) is 0.834. The minimum atomic E-state index is -3.13. The largest absolute Gasteiger partial charge is 0.367 e. The van der Waals surface area contributed by atoms with Crippen molar-refractivity contribution in [2.24, 2.45) is 0 Å². The van der Waals surface area contributed by atoms with Gasteiger partial charge in [-0.1, -0.05) is 0 Å². The first-order valence-corrected chi connectivity index (χ1v) is 8.05. The molecule has 0 fully saturated rings. The van der Waals surface area contributed by atoms with Gasteiger partial charge in [-0.3, -0.25) is 0 Å². The topological polar surface area (TPSA) is 84.0 Å². The summed E-state index contributed by atoms with van der Waals surface area (Å²) in [5, 5.41) is 5.05. The molecule has 0 aliphatic carbocycles. The van der Waals surface area contributed by atoms with E-state index in [9.17, 15) is 8.42 Å². The molecule has 98 valence electrons. The van der Waals surface area contributed by atoms with E-state index in [2.05, 4.69) is 20.0 Å². The summed E-state index contributed by atoms with van der Waals surface area (Å²) in [6, 6.07) is 1.92. The molecule has 0 radical (unpaired) electrons. The van der Waals surface area contributed by atoms with E-state index in [1.165, 1.54) is 6.33 Å². The Hall–Kier alpha value is -1.25. The highest BCUT2D eigenvalue weighted by Crippen LogP contribution is 2.24. The van der Waals surface area contributed by atoms with Crippen molar-refractivity contribution in [2.45, 2.75) is 6.92 Å². The van der Waals surface area contributed by atoms with Gasteiger partial charge in [0.25, 0.3) is 0 Å². The van der Waals surface area contributed by atoms with E-state index in [0.717, 1.165) is 16.0 Å². The van der Waals surface area contributed by atoms with Crippen molar-refractivity contribution in [3.8, 4) is 0 Å². The van der Waals surface area contributed by atoms with E-state index in [1.54, 1.807) is 18.3 Å². The number of hydrogen-bond acceptors (Lipinski definition) is 6. The van der Waals surface area contributed by atoms with Gasteiger partial charge in [0, 0.05) is 13.1 Å². The van der Waals surface area contributed by atoms with Gasteiger partial charge >= 0.3 is 0 Å². The molecule has 0 aromatic carbocycles. The van der Waals surface area contributed by atoms with E-state index < -0.39 is 10.0 Å². The molecule has 0 atom stereocenters. The Kier molecular flexibility index (Phi) is 4.10. The van der Waals surface area contributed by atoms with Crippen molar-refractivity contribution in [2.75, 3.05) is 24.2 Å². The maximum atomic E-state index is 11.2. The Morgan fingerprint density at radius 3 is 2.94 bits per heavy atom. The average Bonchev–Trinajstić information content (AvgIpc) is 2.83. The molecule has 2 aromatic rings. The van der Waals surface area contributed by atoms with Gasteiger partial charge in [-0.15, -0.1) is 11.3 Å². The van der Waals surface area contributed by atoms with Crippen LogP contribution in [0.1, 0.15) is 6.92 Å². The lowest BCUT2D eigenvalue weighted by Gasteiger charge is -2.07. The molecule has 2 heterocycles. The molecule has 0 aliphatic heterocycles. The first-order valence-electron chi connectivity index (χ1n) is 5.52. The first-order chi connectivity index (χ1) is 8.62. The lowest BCUT2D eigenvalue weighted by Crippen LogP contribution is -2.30. The SMILES string of the molecule is CCS(=O)(=O)NCCNc1ncnc2ccsc12. The van der Waals surface area contributed by atoms with E-state index in [-0.39, 0.29) is 5.75 Å². The Labute approximate surface area is 110 Å². The second-order valence-corrected chi connectivity index (χ2v) is 6.59. The highest BCUT2D eigenvalue weighted by Gasteiger charge is 2.06.